The molecule has 2 amide bonds. The Morgan fingerprint density at radius 3 is 2.85 bits per heavy atom. The molecule has 0 aromatic carbocycles. The molecule has 26 heavy (non-hydrogen) atoms. The van der Waals surface area contributed by atoms with Crippen molar-refractivity contribution in [1.29, 1.82) is 0 Å². The van der Waals surface area contributed by atoms with Crippen LogP contribution >= 0.6 is 0 Å². The number of nitrogens with zero attached hydrogens (tertiary/aromatic N) is 4. The summed E-state index contributed by atoms with van der Waals surface area (Å²) >= 11 is 0. The third-order valence-electron chi connectivity index (χ3n) is 5.28. The van der Waals surface area contributed by atoms with Gasteiger partial charge in [-0.3, -0.25) is 10.2 Å². The standard InChI is InChI=1S/C18H29N5O3/c24-18(20-17-4-5-19-23(17)12-15-2-3-15)22-6-1-9-26-16(14-22)13-21-7-10-25-11-8-21/h4-5,15-16H,1-3,6-14H2,(H,20,24)/t16-/m1/s1. The molecule has 1 atom stereocenters. The lowest BCUT2D eigenvalue weighted by Crippen LogP contribution is -2.46. The molecule has 0 radical (unpaired) electrons. The van der Waals surface area contributed by atoms with Crippen LogP contribution in [0.3, 0.4) is 0 Å². The second-order valence-electron chi connectivity index (χ2n) is 7.48. The molecule has 1 aromatic rings. The lowest BCUT2D eigenvalue weighted by molar-refractivity contribution is -0.00983. The molecule has 0 bridgehead atoms. The number of urea groups is 1. The zero-order chi connectivity index (χ0) is 17.8. The monoisotopic (exact) mass is 363 g/mol. The lowest BCUT2D eigenvalue weighted by Gasteiger charge is -2.31. The van der Waals surface area contributed by atoms with Crippen molar-refractivity contribution >= 4 is 11.8 Å². The van der Waals surface area contributed by atoms with Crippen LogP contribution in [0, 0.1) is 5.92 Å². The van der Waals surface area contributed by atoms with E-state index in [9.17, 15) is 4.79 Å². The van der Waals surface area contributed by atoms with Gasteiger partial charge in [0, 0.05) is 51.9 Å². The topological polar surface area (TPSA) is 71.9 Å². The van der Waals surface area contributed by atoms with Gasteiger partial charge in [-0.2, -0.15) is 5.10 Å². The molecule has 4 rings (SSSR count). The number of carbonyl (C=O) groups excluding carboxylic acids is 1. The summed E-state index contributed by atoms with van der Waals surface area (Å²) in [5, 5.41) is 7.39. The number of carbonyl (C=O) groups is 1. The van der Waals surface area contributed by atoms with Gasteiger partial charge in [-0.05, 0) is 25.2 Å². The Morgan fingerprint density at radius 1 is 1.19 bits per heavy atom. The minimum atomic E-state index is -0.0555. The molecular weight excluding hydrogens is 334 g/mol. The Balaban J connectivity index is 1.33. The van der Waals surface area contributed by atoms with E-state index in [4.69, 9.17) is 9.47 Å². The molecule has 1 N–H and O–H groups in total. The maximum absolute atomic E-state index is 12.8. The molecule has 144 valence electrons. The van der Waals surface area contributed by atoms with Gasteiger partial charge in [0.1, 0.15) is 5.82 Å². The molecule has 8 nitrogen and oxygen atoms in total. The van der Waals surface area contributed by atoms with Crippen LogP contribution in [0.25, 0.3) is 0 Å². The number of anilines is 1. The van der Waals surface area contributed by atoms with Crippen LogP contribution < -0.4 is 5.32 Å². The van der Waals surface area contributed by atoms with E-state index in [1.165, 1.54) is 12.8 Å². The van der Waals surface area contributed by atoms with Gasteiger partial charge in [-0.15, -0.1) is 0 Å². The molecule has 2 aliphatic heterocycles. The van der Waals surface area contributed by atoms with Crippen LogP contribution in [0.2, 0.25) is 0 Å². The van der Waals surface area contributed by atoms with Gasteiger partial charge in [-0.1, -0.05) is 0 Å². The van der Waals surface area contributed by atoms with Crippen LogP contribution in [0.15, 0.2) is 12.3 Å². The SMILES string of the molecule is O=C(Nc1ccnn1CC1CC1)N1CCCO[C@H](CN2CCOCC2)C1. The number of hydrogen-bond acceptors (Lipinski definition) is 5. The van der Waals surface area contributed by atoms with Gasteiger partial charge in [0.15, 0.2) is 0 Å². The number of aromatic nitrogens is 2. The van der Waals surface area contributed by atoms with E-state index in [1.54, 1.807) is 6.20 Å². The van der Waals surface area contributed by atoms with Crippen molar-refractivity contribution in [2.24, 2.45) is 5.92 Å². The molecule has 0 unspecified atom stereocenters. The largest absolute Gasteiger partial charge is 0.379 e. The first kappa shape index (κ1) is 17.8. The van der Waals surface area contributed by atoms with E-state index in [2.05, 4.69) is 15.3 Å². The fourth-order valence-corrected chi connectivity index (χ4v) is 3.58. The molecule has 3 heterocycles. The fourth-order valence-electron chi connectivity index (χ4n) is 3.58. The van der Waals surface area contributed by atoms with Crippen LogP contribution in [-0.2, 0) is 16.0 Å². The number of nitrogens with one attached hydrogen (secondary N) is 1. The van der Waals surface area contributed by atoms with Crippen LogP contribution in [0.1, 0.15) is 19.3 Å². The third kappa shape index (κ3) is 4.75. The highest BCUT2D eigenvalue weighted by atomic mass is 16.5. The molecule has 3 aliphatic rings. The van der Waals surface area contributed by atoms with Crippen molar-refractivity contribution in [2.45, 2.75) is 31.9 Å². The summed E-state index contributed by atoms with van der Waals surface area (Å²) in [6, 6.07) is 1.82. The Bertz CT molecular complexity index is 597. The Kier molecular flexibility index (Phi) is 5.72. The maximum Gasteiger partial charge on any atom is 0.323 e. The van der Waals surface area contributed by atoms with Crippen LogP contribution in [0.4, 0.5) is 10.6 Å². The van der Waals surface area contributed by atoms with Gasteiger partial charge in [0.25, 0.3) is 0 Å². The first-order valence-corrected chi connectivity index (χ1v) is 9.77. The quantitative estimate of drug-likeness (QED) is 0.852. The lowest BCUT2D eigenvalue weighted by atomic mass is 10.3. The zero-order valence-electron chi connectivity index (χ0n) is 15.3. The molecule has 1 aromatic heterocycles. The summed E-state index contributed by atoms with van der Waals surface area (Å²) in [6.07, 6.45) is 5.21. The fraction of sp³-hybridized carbons (Fsp3) is 0.778. The van der Waals surface area contributed by atoms with Crippen molar-refractivity contribution in [3.8, 4) is 0 Å². The van der Waals surface area contributed by atoms with E-state index < -0.39 is 0 Å². The number of ether oxygens (including phenoxy) is 2. The van der Waals surface area contributed by atoms with Crippen molar-refractivity contribution in [3.63, 3.8) is 0 Å². The number of hydrogen-bond donors (Lipinski definition) is 1. The predicted octanol–water partition coefficient (Wildman–Crippen LogP) is 1.25. The summed E-state index contributed by atoms with van der Waals surface area (Å²) in [5.74, 6) is 1.51. The van der Waals surface area contributed by atoms with Gasteiger partial charge in [0.2, 0.25) is 0 Å². The summed E-state index contributed by atoms with van der Waals surface area (Å²) in [7, 11) is 0. The van der Waals surface area contributed by atoms with Gasteiger partial charge in [-0.25, -0.2) is 9.48 Å². The van der Waals surface area contributed by atoms with Crippen molar-refractivity contribution in [3.05, 3.63) is 12.3 Å². The first-order valence-electron chi connectivity index (χ1n) is 9.77. The molecule has 1 saturated carbocycles. The highest BCUT2D eigenvalue weighted by Crippen LogP contribution is 2.31. The summed E-state index contributed by atoms with van der Waals surface area (Å²) in [4.78, 5) is 17.0. The number of morpholine rings is 1. The second kappa shape index (κ2) is 8.37. The van der Waals surface area contributed by atoms with E-state index in [-0.39, 0.29) is 12.1 Å². The Hall–Kier alpha value is -1.64. The van der Waals surface area contributed by atoms with Crippen molar-refractivity contribution in [2.75, 3.05) is 57.9 Å². The summed E-state index contributed by atoms with van der Waals surface area (Å²) in [6.45, 7) is 7.24. The molecule has 1 aliphatic carbocycles. The zero-order valence-corrected chi connectivity index (χ0v) is 15.3. The second-order valence-corrected chi connectivity index (χ2v) is 7.48. The average molecular weight is 363 g/mol. The minimum Gasteiger partial charge on any atom is -0.379 e. The number of amides is 2. The highest BCUT2D eigenvalue weighted by molar-refractivity contribution is 5.88. The van der Waals surface area contributed by atoms with Crippen LogP contribution in [-0.4, -0.2) is 84.3 Å². The third-order valence-corrected chi connectivity index (χ3v) is 5.28. The van der Waals surface area contributed by atoms with Gasteiger partial charge >= 0.3 is 6.03 Å². The molecule has 8 heteroatoms. The smallest absolute Gasteiger partial charge is 0.323 e. The van der Waals surface area contributed by atoms with Gasteiger partial charge < -0.3 is 14.4 Å². The summed E-state index contributed by atoms with van der Waals surface area (Å²) in [5.41, 5.74) is 0. The van der Waals surface area contributed by atoms with Gasteiger partial charge in [0.05, 0.1) is 25.5 Å². The van der Waals surface area contributed by atoms with Crippen molar-refractivity contribution < 1.29 is 14.3 Å². The Labute approximate surface area is 154 Å². The molecular formula is C18H29N5O3. The minimum absolute atomic E-state index is 0.0534. The van der Waals surface area contributed by atoms with E-state index in [1.807, 2.05) is 15.6 Å². The van der Waals surface area contributed by atoms with E-state index in [0.717, 1.165) is 64.1 Å². The van der Waals surface area contributed by atoms with E-state index in [0.29, 0.717) is 13.2 Å². The van der Waals surface area contributed by atoms with E-state index >= 15 is 0 Å². The Morgan fingerprint density at radius 2 is 2.04 bits per heavy atom. The average Bonchev–Trinajstić information content (AvgIpc) is 3.41. The predicted molar refractivity (Wildman–Crippen MR) is 97.2 cm³/mol. The molecule has 2 saturated heterocycles. The maximum atomic E-state index is 12.8. The highest BCUT2D eigenvalue weighted by Gasteiger charge is 2.27. The van der Waals surface area contributed by atoms with Crippen LogP contribution in [0.5, 0.6) is 0 Å². The molecule has 3 fully saturated rings. The number of rotatable bonds is 5. The summed E-state index contributed by atoms with van der Waals surface area (Å²) < 4.78 is 13.3. The normalized spacial score (nSPS) is 25.1. The molecule has 0 spiro atoms. The van der Waals surface area contributed by atoms with Crippen molar-refractivity contribution in [1.82, 2.24) is 19.6 Å². The first-order chi connectivity index (χ1) is 12.8.